The fourth-order valence-electron chi connectivity index (χ4n) is 2.44. The maximum absolute atomic E-state index is 3.66. The van der Waals surface area contributed by atoms with Crippen molar-refractivity contribution in [1.29, 1.82) is 0 Å². The highest BCUT2D eigenvalue weighted by Crippen LogP contribution is 2.28. The van der Waals surface area contributed by atoms with Crippen LogP contribution in [0, 0.1) is 6.92 Å². The van der Waals surface area contributed by atoms with E-state index in [0.29, 0.717) is 12.1 Å². The first-order valence-electron chi connectivity index (χ1n) is 7.57. The summed E-state index contributed by atoms with van der Waals surface area (Å²) in [5, 5.41) is 3.66. The predicted octanol–water partition coefficient (Wildman–Crippen LogP) is 4.79. The van der Waals surface area contributed by atoms with Gasteiger partial charge in [0.2, 0.25) is 0 Å². The Kier molecular flexibility index (Phi) is 5.03. The fraction of sp³-hybridized carbons (Fsp3) is 0.368. The van der Waals surface area contributed by atoms with Crippen LogP contribution in [0.25, 0.3) is 0 Å². The molecule has 2 rings (SSSR count). The first-order chi connectivity index (χ1) is 9.99. The molecule has 0 fully saturated rings. The molecular weight excluding hydrogens is 256 g/mol. The van der Waals surface area contributed by atoms with E-state index in [1.165, 1.54) is 22.4 Å². The first kappa shape index (κ1) is 15.6. The quantitative estimate of drug-likeness (QED) is 0.848. The Balaban J connectivity index is 2.21. The summed E-state index contributed by atoms with van der Waals surface area (Å²) in [4.78, 5) is 2.23. The van der Waals surface area contributed by atoms with Crippen LogP contribution in [-0.2, 0) is 0 Å². The van der Waals surface area contributed by atoms with Gasteiger partial charge in [-0.15, -0.1) is 0 Å². The molecule has 0 aromatic heterocycles. The van der Waals surface area contributed by atoms with E-state index < -0.39 is 0 Å². The molecule has 112 valence electrons. The monoisotopic (exact) mass is 282 g/mol. The highest BCUT2D eigenvalue weighted by atomic mass is 15.1. The number of rotatable bonds is 5. The summed E-state index contributed by atoms with van der Waals surface area (Å²) in [5.41, 5.74) is 5.16. The molecule has 0 saturated heterocycles. The zero-order valence-electron chi connectivity index (χ0n) is 13.7. The van der Waals surface area contributed by atoms with Crippen molar-refractivity contribution in [3.8, 4) is 0 Å². The van der Waals surface area contributed by atoms with Gasteiger partial charge in [0.25, 0.3) is 0 Å². The average Bonchev–Trinajstić information content (AvgIpc) is 2.47. The van der Waals surface area contributed by atoms with Crippen LogP contribution in [0.1, 0.15) is 42.6 Å². The summed E-state index contributed by atoms with van der Waals surface area (Å²) in [5.74, 6) is 0. The Hall–Kier alpha value is -1.80. The Morgan fingerprint density at radius 2 is 1.52 bits per heavy atom. The molecule has 2 nitrogen and oxygen atoms in total. The van der Waals surface area contributed by atoms with E-state index in [-0.39, 0.29) is 0 Å². The lowest BCUT2D eigenvalue weighted by Crippen LogP contribution is -2.19. The Morgan fingerprint density at radius 1 is 0.905 bits per heavy atom. The van der Waals surface area contributed by atoms with Gasteiger partial charge in [-0.05, 0) is 52.1 Å². The minimum atomic E-state index is 0.293. The molecule has 0 amide bonds. The molecule has 21 heavy (non-hydrogen) atoms. The van der Waals surface area contributed by atoms with E-state index >= 15 is 0 Å². The van der Waals surface area contributed by atoms with Crippen LogP contribution in [-0.4, -0.2) is 19.0 Å². The van der Waals surface area contributed by atoms with Crippen molar-refractivity contribution >= 4 is 5.69 Å². The molecular formula is C19H26N2. The maximum atomic E-state index is 3.66. The van der Waals surface area contributed by atoms with E-state index in [1.807, 2.05) is 0 Å². The minimum Gasteiger partial charge on any atom is -0.378 e. The van der Waals surface area contributed by atoms with Crippen molar-refractivity contribution in [2.75, 3.05) is 19.4 Å². The largest absolute Gasteiger partial charge is 0.378 e. The third-order valence-corrected chi connectivity index (χ3v) is 4.13. The summed E-state index contributed by atoms with van der Waals surface area (Å²) in [6, 6.07) is 18.0. The lowest BCUT2D eigenvalue weighted by molar-refractivity contribution is 0.321. The third kappa shape index (κ3) is 3.85. The van der Waals surface area contributed by atoms with Crippen LogP contribution in [0.15, 0.2) is 48.5 Å². The molecule has 0 radical (unpaired) electrons. The van der Waals surface area contributed by atoms with Crippen LogP contribution < -0.4 is 5.32 Å². The lowest BCUT2D eigenvalue weighted by atomic mass is 10.0. The van der Waals surface area contributed by atoms with Crippen molar-refractivity contribution in [1.82, 2.24) is 4.90 Å². The summed E-state index contributed by atoms with van der Waals surface area (Å²) in [6.07, 6.45) is 0. The second-order valence-electron chi connectivity index (χ2n) is 6.00. The lowest BCUT2D eigenvalue weighted by Gasteiger charge is -2.25. The summed E-state index contributed by atoms with van der Waals surface area (Å²) in [7, 11) is 4.23. The molecule has 0 spiro atoms. The first-order valence-corrected chi connectivity index (χ1v) is 7.57. The van der Waals surface area contributed by atoms with Gasteiger partial charge in [-0.3, -0.25) is 0 Å². The molecule has 0 bridgehead atoms. The Labute approximate surface area is 128 Å². The van der Waals surface area contributed by atoms with Crippen molar-refractivity contribution in [3.05, 3.63) is 65.2 Å². The number of anilines is 1. The Bertz CT molecular complexity index is 572. The number of nitrogens with zero attached hydrogens (tertiary/aromatic N) is 1. The smallest absolute Gasteiger partial charge is 0.0485 e. The average molecular weight is 282 g/mol. The molecule has 0 heterocycles. The van der Waals surface area contributed by atoms with Gasteiger partial charge in [0.15, 0.2) is 0 Å². The predicted molar refractivity (Wildman–Crippen MR) is 91.8 cm³/mol. The van der Waals surface area contributed by atoms with Crippen molar-refractivity contribution < 1.29 is 0 Å². The zero-order valence-corrected chi connectivity index (χ0v) is 13.7. The highest BCUT2D eigenvalue weighted by Gasteiger charge is 2.14. The topological polar surface area (TPSA) is 15.3 Å². The molecule has 2 aromatic rings. The van der Waals surface area contributed by atoms with Crippen molar-refractivity contribution in [3.63, 3.8) is 0 Å². The van der Waals surface area contributed by atoms with E-state index in [4.69, 9.17) is 0 Å². The van der Waals surface area contributed by atoms with Crippen LogP contribution in [0.4, 0.5) is 5.69 Å². The van der Waals surface area contributed by atoms with Gasteiger partial charge in [0.1, 0.15) is 0 Å². The number of nitrogens with one attached hydrogen (secondary N) is 1. The van der Waals surface area contributed by atoms with Gasteiger partial charge >= 0.3 is 0 Å². The normalized spacial score (nSPS) is 14.0. The molecule has 2 heteroatoms. The number of hydrogen-bond acceptors (Lipinski definition) is 2. The van der Waals surface area contributed by atoms with E-state index in [1.54, 1.807) is 0 Å². The zero-order chi connectivity index (χ0) is 15.4. The number of para-hydroxylation sites is 1. The molecule has 0 aliphatic carbocycles. The van der Waals surface area contributed by atoms with Crippen LogP contribution >= 0.6 is 0 Å². The highest BCUT2D eigenvalue weighted by molar-refractivity contribution is 5.54. The summed E-state index contributed by atoms with van der Waals surface area (Å²) < 4.78 is 0. The van der Waals surface area contributed by atoms with E-state index in [9.17, 15) is 0 Å². The number of hydrogen-bond donors (Lipinski definition) is 1. The van der Waals surface area contributed by atoms with Crippen molar-refractivity contribution in [2.45, 2.75) is 32.9 Å². The van der Waals surface area contributed by atoms with Gasteiger partial charge in [-0.2, -0.15) is 0 Å². The third-order valence-electron chi connectivity index (χ3n) is 4.13. The van der Waals surface area contributed by atoms with Gasteiger partial charge in [0, 0.05) is 17.8 Å². The van der Waals surface area contributed by atoms with Crippen LogP contribution in [0.2, 0.25) is 0 Å². The second kappa shape index (κ2) is 6.77. The van der Waals surface area contributed by atoms with Gasteiger partial charge < -0.3 is 10.2 Å². The SMILES string of the molecule is Cc1ccc([C@H](C)Nc2ccccc2[C@@H](C)N(C)C)cc1. The van der Waals surface area contributed by atoms with E-state index in [2.05, 4.69) is 93.6 Å². The van der Waals surface area contributed by atoms with Gasteiger partial charge in [-0.1, -0.05) is 48.0 Å². The van der Waals surface area contributed by atoms with E-state index in [0.717, 1.165) is 0 Å². The molecule has 0 unspecified atom stereocenters. The van der Waals surface area contributed by atoms with Crippen LogP contribution in [0.5, 0.6) is 0 Å². The maximum Gasteiger partial charge on any atom is 0.0485 e. The fourth-order valence-corrected chi connectivity index (χ4v) is 2.44. The summed E-state index contributed by atoms with van der Waals surface area (Å²) >= 11 is 0. The molecule has 2 aromatic carbocycles. The van der Waals surface area contributed by atoms with Crippen molar-refractivity contribution in [2.24, 2.45) is 0 Å². The van der Waals surface area contributed by atoms with Crippen LogP contribution in [0.3, 0.4) is 0 Å². The van der Waals surface area contributed by atoms with Gasteiger partial charge in [0.05, 0.1) is 0 Å². The number of benzene rings is 2. The summed E-state index contributed by atoms with van der Waals surface area (Å²) in [6.45, 7) is 6.56. The Morgan fingerprint density at radius 3 is 2.14 bits per heavy atom. The molecule has 1 N–H and O–H groups in total. The molecule has 0 aliphatic rings. The molecule has 0 saturated carbocycles. The second-order valence-corrected chi connectivity index (χ2v) is 6.00. The molecule has 2 atom stereocenters. The number of aryl methyl sites for hydroxylation is 1. The molecule has 0 aliphatic heterocycles. The minimum absolute atomic E-state index is 0.293. The van der Waals surface area contributed by atoms with Gasteiger partial charge in [-0.25, -0.2) is 0 Å². The standard InChI is InChI=1S/C19H26N2/c1-14-10-12-17(13-11-14)15(2)20-19-9-7-6-8-18(19)16(3)21(4)5/h6-13,15-16,20H,1-5H3/t15-,16+/m0/s1.